The van der Waals surface area contributed by atoms with Gasteiger partial charge in [-0.15, -0.1) is 0 Å². The number of para-hydroxylation sites is 6. The zero-order chi connectivity index (χ0) is 94.4. The summed E-state index contributed by atoms with van der Waals surface area (Å²) < 4.78 is 16.7. The standard InChI is InChI=1S/C21H27N3O2.C21H26N2O3.C21H26N2O2.C16H23N3.C16H14N2.C14H12ClN/c1-5-6-7-11-17-15(13-14-23-20(25)26-21(2,3)4)16-10-8-9-12-18(16)24-19(17)22;1-5-6-7-10-16-15-23(25)19-12-9-8-11-18(19)17(16)13-14-22-20(24)26-21(2,3)4;1-5-6-7-10-16-15-23-19-12-9-8-11-18(19)17(16)13-14-22-20(24)25-21(2,3)4;1-2-3-4-8-14-12(10-11-17)13-7-5-6-9-15(13)19-16(14)18;1-2-3-4-7-13-12-18-16-9-6-5-8-15(16)14(13)10-11-17;1-2-3-4-7-11-10-16-13-9-6-5-8-12(13)14(11)15/h8-10,12H,5-6,13-14H2,1-4H3,(H2,22,24)(H,23,25);8-9,11-12,15H,5-6,13-14H2,1-4H3,(H,22,24);8-9,11-12,15H,5-6,13-14H2,1-4H3,(H,22,24);5-7,9H,2-4,8,10-11,17H2,1H3,(H2,18,19);5-6,8-9,12H,2-3,10H2,1H3;5-6,8-10H,2-3H2,1H3. The van der Waals surface area contributed by atoms with Crippen LogP contribution in [0.3, 0.4) is 0 Å². The molecule has 12 rings (SSSR count). The molecule has 0 spiro atoms. The number of nitrogen functional groups attached to an aromatic ring is 2. The average molecular weight is 1770 g/mol. The topological polar surface area (TPSA) is 308 Å². The number of carbonyl (C=O) groups excluding carboxylic acids is 3. The second-order valence-electron chi connectivity index (χ2n) is 33.7. The van der Waals surface area contributed by atoms with Crippen molar-refractivity contribution in [2.75, 3.05) is 37.6 Å². The van der Waals surface area contributed by atoms with E-state index in [-0.39, 0.29) is 0 Å². The number of nitriles is 1. The van der Waals surface area contributed by atoms with E-state index in [1.54, 1.807) is 18.5 Å². The number of benzene rings is 6. The molecule has 20 nitrogen and oxygen atoms in total. The van der Waals surface area contributed by atoms with E-state index in [1.807, 2.05) is 190 Å². The lowest BCUT2D eigenvalue weighted by Crippen LogP contribution is -2.34. The van der Waals surface area contributed by atoms with Crippen LogP contribution < -0.4 is 37.9 Å². The van der Waals surface area contributed by atoms with Gasteiger partial charge < -0.3 is 52.6 Å². The zero-order valence-corrected chi connectivity index (χ0v) is 79.3. The Morgan fingerprint density at radius 1 is 0.408 bits per heavy atom. The quantitative estimate of drug-likeness (QED) is 0.0128. The summed E-state index contributed by atoms with van der Waals surface area (Å²) in [7, 11) is 0. The highest BCUT2D eigenvalue weighted by Crippen LogP contribution is 2.31. The minimum Gasteiger partial charge on any atom is -0.618 e. The highest BCUT2D eigenvalue weighted by atomic mass is 35.5. The number of anilines is 2. The van der Waals surface area contributed by atoms with Crippen molar-refractivity contribution in [1.29, 1.82) is 5.26 Å². The van der Waals surface area contributed by atoms with Crippen LogP contribution in [0.25, 0.3) is 65.4 Å². The number of nitrogens with two attached hydrogens (primary N) is 3. The first kappa shape index (κ1) is 104. The van der Waals surface area contributed by atoms with Gasteiger partial charge in [-0.25, -0.2) is 24.4 Å². The number of amides is 3. The minimum atomic E-state index is -0.533. The van der Waals surface area contributed by atoms with Crippen molar-refractivity contribution in [1.82, 2.24) is 40.9 Å². The van der Waals surface area contributed by atoms with Crippen molar-refractivity contribution in [2.45, 2.75) is 243 Å². The number of ether oxygens (including phenoxy) is 3. The minimum absolute atomic E-state index is 0.374. The van der Waals surface area contributed by atoms with Crippen LogP contribution in [-0.2, 0) is 52.7 Å². The van der Waals surface area contributed by atoms with E-state index < -0.39 is 35.1 Å². The number of unbranched alkanes of at least 4 members (excludes halogenated alkanes) is 7. The summed E-state index contributed by atoms with van der Waals surface area (Å²) in [5.41, 5.74) is 32.4. The molecule has 0 radical (unpaired) electrons. The lowest BCUT2D eigenvalue weighted by Gasteiger charge is -2.20. The predicted molar refractivity (Wildman–Crippen MR) is 534 cm³/mol. The molecule has 0 atom stereocenters. The Hall–Kier alpha value is -13.5. The Kier molecular flexibility index (Phi) is 43.0. The Morgan fingerprint density at radius 2 is 0.762 bits per heavy atom. The third kappa shape index (κ3) is 33.9. The van der Waals surface area contributed by atoms with Crippen LogP contribution in [0, 0.1) is 75.7 Å². The number of rotatable bonds is 21. The smallest absolute Gasteiger partial charge is 0.407 e. The van der Waals surface area contributed by atoms with Crippen LogP contribution in [0.5, 0.6) is 0 Å². The number of pyridine rings is 6. The van der Waals surface area contributed by atoms with Crippen molar-refractivity contribution in [2.24, 2.45) is 5.73 Å². The summed E-state index contributed by atoms with van der Waals surface area (Å²) in [6.45, 7) is 31.2. The number of hydrogen-bond acceptors (Lipinski definition) is 16. The van der Waals surface area contributed by atoms with Crippen LogP contribution in [0.1, 0.15) is 249 Å². The van der Waals surface area contributed by atoms with Crippen molar-refractivity contribution >= 4 is 107 Å². The number of hydrogen-bond donors (Lipinski definition) is 6. The van der Waals surface area contributed by atoms with Gasteiger partial charge in [-0.05, 0) is 209 Å². The number of carbonyl (C=O) groups is 3. The van der Waals surface area contributed by atoms with E-state index in [2.05, 4.69) is 166 Å². The molecule has 0 aliphatic rings. The third-order valence-electron chi connectivity index (χ3n) is 19.5. The normalized spacial score (nSPS) is 10.6. The molecular formula is C109H128ClN13O7. The first-order valence-corrected chi connectivity index (χ1v) is 45.5. The van der Waals surface area contributed by atoms with Crippen molar-refractivity contribution < 1.29 is 33.3 Å². The monoisotopic (exact) mass is 1770 g/mol. The molecule has 6 aromatic carbocycles. The van der Waals surface area contributed by atoms with Gasteiger partial charge in [0.1, 0.15) is 28.4 Å². The van der Waals surface area contributed by atoms with Crippen LogP contribution in [0.15, 0.2) is 170 Å². The van der Waals surface area contributed by atoms with Gasteiger partial charge in [-0.1, -0.05) is 228 Å². The fourth-order valence-electron chi connectivity index (χ4n) is 13.6. The van der Waals surface area contributed by atoms with Crippen LogP contribution in [0.4, 0.5) is 26.0 Å². The number of nitrogens with zero attached hydrogens (tertiary/aromatic N) is 7. The Bertz CT molecular complexity index is 6180. The second-order valence-corrected chi connectivity index (χ2v) is 34.0. The van der Waals surface area contributed by atoms with E-state index in [0.717, 1.165) is 187 Å². The lowest BCUT2D eigenvalue weighted by molar-refractivity contribution is -0.577. The van der Waals surface area contributed by atoms with E-state index in [1.165, 1.54) is 35.6 Å². The van der Waals surface area contributed by atoms with Crippen molar-refractivity contribution in [3.05, 3.63) is 242 Å². The first-order chi connectivity index (χ1) is 62.5. The molecule has 21 heteroatoms. The largest absolute Gasteiger partial charge is 0.618 e. The summed E-state index contributed by atoms with van der Waals surface area (Å²) in [6, 6.07) is 49.4. The molecule has 0 bridgehead atoms. The molecule has 0 aliphatic heterocycles. The van der Waals surface area contributed by atoms with Gasteiger partial charge in [0.25, 0.3) is 0 Å². The van der Waals surface area contributed by atoms with Gasteiger partial charge in [-0.3, -0.25) is 15.0 Å². The number of aromatic nitrogens is 6. The molecule has 0 unspecified atom stereocenters. The second kappa shape index (κ2) is 54.0. The van der Waals surface area contributed by atoms with Gasteiger partial charge in [0, 0.05) is 114 Å². The molecule has 3 amide bonds. The maximum Gasteiger partial charge on any atom is 0.407 e. The zero-order valence-electron chi connectivity index (χ0n) is 78.5. The molecular weight excluding hydrogens is 1640 g/mol. The molecule has 0 saturated carbocycles. The number of halogens is 1. The van der Waals surface area contributed by atoms with E-state index in [0.29, 0.717) is 79.6 Å². The van der Waals surface area contributed by atoms with Crippen LogP contribution in [-0.4, -0.2) is 86.2 Å². The molecule has 678 valence electrons. The van der Waals surface area contributed by atoms with E-state index >= 15 is 0 Å². The summed E-state index contributed by atoms with van der Waals surface area (Å²) in [5, 5.41) is 36.5. The molecule has 12 aromatic rings. The van der Waals surface area contributed by atoms with Crippen LogP contribution >= 0.6 is 11.6 Å². The maximum absolute atomic E-state index is 12.3. The lowest BCUT2D eigenvalue weighted by atomic mass is 9.96. The van der Waals surface area contributed by atoms with Gasteiger partial charge in [-0.2, -0.15) is 9.99 Å². The average Bonchev–Trinajstić information content (AvgIpc) is 0.804. The Balaban J connectivity index is 0.000000215. The number of alkyl carbamates (subject to hydrolysis) is 3. The molecule has 6 aromatic heterocycles. The van der Waals surface area contributed by atoms with Gasteiger partial charge in [0.15, 0.2) is 6.20 Å². The first-order valence-electron chi connectivity index (χ1n) is 45.2. The summed E-state index contributed by atoms with van der Waals surface area (Å²) in [5.74, 6) is 32.4. The fourth-order valence-corrected chi connectivity index (χ4v) is 13.8. The highest BCUT2D eigenvalue weighted by Gasteiger charge is 2.22. The van der Waals surface area contributed by atoms with Gasteiger partial charge >= 0.3 is 18.3 Å². The molecule has 9 N–H and O–H groups in total. The molecule has 6 heterocycles. The number of fused-ring (bicyclic) bond motifs is 6. The molecule has 0 fully saturated rings. The third-order valence-corrected chi connectivity index (χ3v) is 19.9. The number of nitrogens with one attached hydrogen (secondary N) is 3. The van der Waals surface area contributed by atoms with Crippen molar-refractivity contribution in [3.8, 4) is 65.3 Å². The Morgan fingerprint density at radius 3 is 1.21 bits per heavy atom. The van der Waals surface area contributed by atoms with Crippen LogP contribution in [0.2, 0.25) is 5.02 Å². The predicted octanol–water partition coefficient (Wildman–Crippen LogP) is 22.7. The molecule has 0 aliphatic carbocycles. The summed E-state index contributed by atoms with van der Waals surface area (Å²) >= 11 is 6.28. The summed E-state index contributed by atoms with van der Waals surface area (Å²) in [4.78, 5) is 57.8. The van der Waals surface area contributed by atoms with Crippen molar-refractivity contribution in [3.63, 3.8) is 0 Å². The van der Waals surface area contributed by atoms with E-state index in [9.17, 15) is 19.6 Å². The Labute approximate surface area is 774 Å². The summed E-state index contributed by atoms with van der Waals surface area (Å²) in [6.07, 6.45) is 22.6. The SMILES string of the molecule is CCCC#Cc1c(N)nc2ccccc2c1CCNC(=O)OC(C)(C)C.CCCC#Cc1c[n+]([O-])c2ccccc2c1CCNC(=O)OC(C)(C)C.CCCC#Cc1cnc2ccccc2c1CC#N.CCCC#Cc1cnc2ccccc2c1CCNC(=O)OC(C)(C)C.CCCC#Cc1cnc2ccccc2c1Cl.CCCCCc1c(N)nc2ccccc2c1CCN. The highest BCUT2D eigenvalue weighted by molar-refractivity contribution is 6.36. The fraction of sp³-hybridized carbons (Fsp3) is 0.376. The molecule has 0 saturated heterocycles. The van der Waals surface area contributed by atoms with Gasteiger partial charge in [0.05, 0.1) is 67.2 Å². The van der Waals surface area contributed by atoms with E-state index in [4.69, 9.17) is 48.3 Å². The van der Waals surface area contributed by atoms with Gasteiger partial charge in [0.2, 0.25) is 5.52 Å². The molecule has 130 heavy (non-hydrogen) atoms. The maximum atomic E-state index is 12.3.